The molecule has 0 aliphatic rings. The Kier molecular flexibility index (Phi) is 10.6. The van der Waals surface area contributed by atoms with Crippen LogP contribution in [0.2, 0.25) is 0 Å². The highest BCUT2D eigenvalue weighted by Gasteiger charge is 2.22. The molecule has 0 aliphatic heterocycles. The van der Waals surface area contributed by atoms with Gasteiger partial charge in [-0.2, -0.15) is 14.8 Å². The van der Waals surface area contributed by atoms with Crippen LogP contribution < -0.4 is 43.7 Å². The third kappa shape index (κ3) is 6.56. The maximum absolute atomic E-state index is 5.04. The monoisotopic (exact) mass is 693 g/mol. The minimum absolute atomic E-state index is 0. The molecular formula is C38H37Cl2N7S. The lowest BCUT2D eigenvalue weighted by Gasteiger charge is -2.20. The first-order chi connectivity index (χ1) is 22.4. The van der Waals surface area contributed by atoms with Crippen LogP contribution in [0.4, 0.5) is 22.7 Å². The van der Waals surface area contributed by atoms with Crippen molar-refractivity contribution in [1.82, 2.24) is 4.98 Å². The number of anilines is 2. The molecular weight excluding hydrogens is 657 g/mol. The van der Waals surface area contributed by atoms with Crippen molar-refractivity contribution in [2.75, 3.05) is 37.0 Å². The van der Waals surface area contributed by atoms with Crippen molar-refractivity contribution in [1.29, 1.82) is 0 Å². The molecule has 0 radical (unpaired) electrons. The fourth-order valence-electron chi connectivity index (χ4n) is 6.01. The van der Waals surface area contributed by atoms with E-state index in [1.165, 1.54) is 32.2 Å². The van der Waals surface area contributed by atoms with Crippen LogP contribution in [0, 0.1) is 0 Å². The normalized spacial score (nSPS) is 11.2. The molecule has 0 amide bonds. The zero-order chi connectivity index (χ0) is 31.8. The van der Waals surface area contributed by atoms with Gasteiger partial charge in [0.25, 0.3) is 5.01 Å². The zero-order valence-corrected chi connectivity index (χ0v) is 29.9. The smallest absolute Gasteiger partial charge is 0.269 e. The van der Waals surface area contributed by atoms with Crippen molar-refractivity contribution in [3.05, 3.63) is 109 Å². The SMILES string of the molecule is CCN(CC)c1ccc2nc3ccc(N=Nc4ccc5c(c4)sc(-c4ccc(N(C)C)cc4)[n+]5C)cc3[n+](-c3ccccc3)c2c1.[Cl-].[Cl-]. The molecule has 2 heterocycles. The Labute approximate surface area is 297 Å². The lowest BCUT2D eigenvalue weighted by molar-refractivity contribution is -0.629. The number of hydrogen-bond donors (Lipinski definition) is 0. The van der Waals surface area contributed by atoms with E-state index in [4.69, 9.17) is 10.1 Å². The predicted octanol–water partition coefficient (Wildman–Crippen LogP) is 2.71. The van der Waals surface area contributed by atoms with Gasteiger partial charge in [-0.05, 0) is 74.5 Å². The van der Waals surface area contributed by atoms with Crippen molar-refractivity contribution in [3.63, 3.8) is 0 Å². The largest absolute Gasteiger partial charge is 1.00 e. The summed E-state index contributed by atoms with van der Waals surface area (Å²) in [5.41, 5.74) is 11.3. The highest BCUT2D eigenvalue weighted by atomic mass is 35.5. The van der Waals surface area contributed by atoms with Gasteiger partial charge in [0, 0.05) is 68.9 Å². The molecule has 0 atom stereocenters. The van der Waals surface area contributed by atoms with E-state index in [9.17, 15) is 0 Å². The average molecular weight is 695 g/mol. The summed E-state index contributed by atoms with van der Waals surface area (Å²) < 4.78 is 5.71. The molecule has 48 heavy (non-hydrogen) atoms. The van der Waals surface area contributed by atoms with Gasteiger partial charge in [-0.25, -0.2) is 4.98 Å². The van der Waals surface area contributed by atoms with Crippen LogP contribution in [0.1, 0.15) is 13.8 Å². The Balaban J connectivity index is 0.00000225. The summed E-state index contributed by atoms with van der Waals surface area (Å²) >= 11 is 1.77. The van der Waals surface area contributed by atoms with Crippen molar-refractivity contribution in [3.8, 4) is 16.3 Å². The summed E-state index contributed by atoms with van der Waals surface area (Å²) in [6, 6.07) is 38.1. The molecule has 0 saturated carbocycles. The van der Waals surface area contributed by atoms with Gasteiger partial charge < -0.3 is 34.6 Å². The predicted molar refractivity (Wildman–Crippen MR) is 191 cm³/mol. The van der Waals surface area contributed by atoms with E-state index in [1.54, 1.807) is 11.3 Å². The summed E-state index contributed by atoms with van der Waals surface area (Å²) in [7, 11) is 6.24. The molecule has 2 aromatic heterocycles. The first-order valence-corrected chi connectivity index (χ1v) is 16.5. The molecule has 0 N–H and O–H groups in total. The fraction of sp³-hybridized carbons (Fsp3) is 0.184. The number of thiazole rings is 1. The quantitative estimate of drug-likeness (QED) is 0.140. The Morgan fingerprint density at radius 1 is 0.667 bits per heavy atom. The third-order valence-electron chi connectivity index (χ3n) is 8.51. The maximum Gasteiger partial charge on any atom is 0.269 e. The standard InChI is InChI=1S/C38H37N7S.2ClH/c1-6-44(7-2)31-19-21-33-36(25-31)45(30-11-9-8-10-12-30)35-23-27(15-20-32(35)39-33)40-41-28-16-22-34-37(24-28)46-38(43(34)5)26-13-17-29(18-14-26)42(3)4;;/h8-25H,6-7H2,1-5H3;2*1H/q+2;;/p-2. The topological polar surface area (TPSA) is 51.9 Å². The second-order valence-electron chi connectivity index (χ2n) is 11.6. The van der Waals surface area contributed by atoms with Gasteiger partial charge in [0.1, 0.15) is 22.8 Å². The van der Waals surface area contributed by atoms with Crippen LogP contribution in [0.3, 0.4) is 0 Å². The van der Waals surface area contributed by atoms with Crippen LogP contribution in [-0.2, 0) is 7.05 Å². The maximum atomic E-state index is 5.04. The number of hydrogen-bond acceptors (Lipinski definition) is 6. The summed E-state index contributed by atoms with van der Waals surface area (Å²) in [5, 5.41) is 10.6. The van der Waals surface area contributed by atoms with Crippen molar-refractivity contribution >= 4 is 66.4 Å². The molecule has 7 nitrogen and oxygen atoms in total. The minimum atomic E-state index is 0. The number of halogens is 2. The lowest BCUT2D eigenvalue weighted by Crippen LogP contribution is -3.00. The van der Waals surface area contributed by atoms with Crippen LogP contribution in [0.15, 0.2) is 119 Å². The van der Waals surface area contributed by atoms with Gasteiger partial charge in [-0.3, -0.25) is 0 Å². The summed E-state index contributed by atoms with van der Waals surface area (Å²) in [4.78, 5) is 9.52. The Bertz CT molecular complexity index is 2230. The molecule has 244 valence electrons. The molecule has 0 unspecified atom stereocenters. The van der Waals surface area contributed by atoms with Crippen LogP contribution in [-0.4, -0.2) is 32.2 Å². The van der Waals surface area contributed by atoms with Crippen LogP contribution >= 0.6 is 11.3 Å². The summed E-state index contributed by atoms with van der Waals surface area (Å²) in [6.45, 7) is 6.27. The highest BCUT2D eigenvalue weighted by Crippen LogP contribution is 2.33. The van der Waals surface area contributed by atoms with Crippen molar-refractivity contribution in [2.24, 2.45) is 17.3 Å². The van der Waals surface area contributed by atoms with Gasteiger partial charge in [0.2, 0.25) is 22.2 Å². The first kappa shape index (κ1) is 34.7. The Morgan fingerprint density at radius 3 is 1.94 bits per heavy atom. The molecule has 0 saturated heterocycles. The summed E-state index contributed by atoms with van der Waals surface area (Å²) in [6.07, 6.45) is 0. The van der Waals surface area contributed by atoms with Gasteiger partial charge in [-0.1, -0.05) is 29.5 Å². The molecule has 7 aromatic rings. The van der Waals surface area contributed by atoms with E-state index < -0.39 is 0 Å². The number of aromatic nitrogens is 3. The van der Waals surface area contributed by atoms with Gasteiger partial charge in [0.15, 0.2) is 0 Å². The second kappa shape index (κ2) is 14.6. The zero-order valence-electron chi connectivity index (χ0n) is 27.6. The van der Waals surface area contributed by atoms with E-state index >= 15 is 0 Å². The second-order valence-corrected chi connectivity index (χ2v) is 12.6. The molecule has 7 rings (SSSR count). The molecule has 0 aliphatic carbocycles. The van der Waals surface area contributed by atoms with Gasteiger partial charge in [0.05, 0.1) is 16.9 Å². The molecule has 0 bridgehead atoms. The number of fused-ring (bicyclic) bond motifs is 3. The van der Waals surface area contributed by atoms with E-state index in [0.29, 0.717) is 0 Å². The number of aryl methyl sites for hydroxylation is 1. The number of benzene rings is 5. The van der Waals surface area contributed by atoms with E-state index in [0.717, 1.165) is 52.2 Å². The van der Waals surface area contributed by atoms with Crippen molar-refractivity contribution in [2.45, 2.75) is 13.8 Å². The molecule has 0 spiro atoms. The van der Waals surface area contributed by atoms with Crippen molar-refractivity contribution < 1.29 is 33.9 Å². The Hall–Kier alpha value is -4.63. The van der Waals surface area contributed by atoms with Gasteiger partial charge >= 0.3 is 0 Å². The Morgan fingerprint density at radius 2 is 1.27 bits per heavy atom. The average Bonchev–Trinajstić information content (AvgIpc) is 3.42. The third-order valence-corrected chi connectivity index (χ3v) is 9.76. The molecule has 5 aromatic carbocycles. The van der Waals surface area contributed by atoms with E-state index in [1.807, 2.05) is 24.3 Å². The number of rotatable bonds is 8. The van der Waals surface area contributed by atoms with Gasteiger partial charge in [-0.15, -0.1) is 4.57 Å². The lowest BCUT2D eigenvalue weighted by atomic mass is 10.1. The molecule has 10 heteroatoms. The summed E-state index contributed by atoms with van der Waals surface area (Å²) in [5.74, 6) is 0. The van der Waals surface area contributed by atoms with Crippen LogP contribution in [0.25, 0.3) is 48.5 Å². The van der Waals surface area contributed by atoms with E-state index in [2.05, 4.69) is 144 Å². The number of azo groups is 1. The highest BCUT2D eigenvalue weighted by molar-refractivity contribution is 7.21. The number of para-hydroxylation sites is 1. The fourth-order valence-corrected chi connectivity index (χ4v) is 7.20. The van der Waals surface area contributed by atoms with Crippen LogP contribution in [0.5, 0.6) is 0 Å². The van der Waals surface area contributed by atoms with E-state index in [-0.39, 0.29) is 24.8 Å². The molecule has 0 fully saturated rings. The minimum Gasteiger partial charge on any atom is -1.00 e. The first-order valence-electron chi connectivity index (χ1n) is 15.7. The number of nitrogens with zero attached hydrogens (tertiary/aromatic N) is 7.